The molecular weight excluding hydrogens is 229 g/mol. The largest absolute Gasteiger partial charge is 0.384 e. The van der Waals surface area contributed by atoms with Crippen LogP contribution in [0.3, 0.4) is 0 Å². The molecule has 0 spiro atoms. The summed E-state index contributed by atoms with van der Waals surface area (Å²) in [5.74, 6) is -0.0396. The fraction of sp³-hybridized carbons (Fsp3) is 0. The van der Waals surface area contributed by atoms with Gasteiger partial charge in [0.2, 0.25) is 0 Å². The van der Waals surface area contributed by atoms with E-state index >= 15 is 0 Å². The summed E-state index contributed by atoms with van der Waals surface area (Å²) in [7, 11) is 0. The molecule has 2 rings (SSSR count). The summed E-state index contributed by atoms with van der Waals surface area (Å²) in [6.45, 7) is 0. The molecule has 1 aromatic carbocycles. The van der Waals surface area contributed by atoms with Crippen molar-refractivity contribution in [3.63, 3.8) is 0 Å². The quantitative estimate of drug-likeness (QED) is 0.843. The molecule has 0 aliphatic carbocycles. The smallest absolute Gasteiger partial charge is 0.148 e. The number of halogens is 2. The van der Waals surface area contributed by atoms with Crippen LogP contribution in [0.4, 0.5) is 21.6 Å². The first-order chi connectivity index (χ1) is 7.65. The maximum Gasteiger partial charge on any atom is 0.148 e. The van der Waals surface area contributed by atoms with E-state index in [-0.39, 0.29) is 0 Å². The van der Waals surface area contributed by atoms with E-state index in [4.69, 9.17) is 17.3 Å². The molecule has 16 heavy (non-hydrogen) atoms. The van der Waals surface area contributed by atoms with Gasteiger partial charge in [0.25, 0.3) is 0 Å². The van der Waals surface area contributed by atoms with Gasteiger partial charge in [0.05, 0.1) is 5.69 Å². The first-order valence-electron chi connectivity index (χ1n) is 4.59. The van der Waals surface area contributed by atoms with Crippen molar-refractivity contribution in [2.24, 2.45) is 0 Å². The lowest BCUT2D eigenvalue weighted by atomic mass is 10.3. The van der Waals surface area contributed by atoms with Crippen molar-refractivity contribution in [2.45, 2.75) is 0 Å². The van der Waals surface area contributed by atoms with E-state index in [0.29, 0.717) is 22.2 Å². The van der Waals surface area contributed by atoms with Crippen LogP contribution in [0.15, 0.2) is 36.5 Å². The summed E-state index contributed by atoms with van der Waals surface area (Å²) in [4.78, 5) is 3.84. The summed E-state index contributed by atoms with van der Waals surface area (Å²) >= 11 is 5.65. The summed E-state index contributed by atoms with van der Waals surface area (Å²) in [5.41, 5.74) is 6.53. The molecular formula is C11H9ClFN3. The van der Waals surface area contributed by atoms with Gasteiger partial charge >= 0.3 is 0 Å². The van der Waals surface area contributed by atoms with Crippen molar-refractivity contribution in [1.29, 1.82) is 0 Å². The van der Waals surface area contributed by atoms with E-state index in [1.54, 1.807) is 30.5 Å². The van der Waals surface area contributed by atoms with Crippen LogP contribution in [0.2, 0.25) is 5.02 Å². The Morgan fingerprint density at radius 1 is 1.25 bits per heavy atom. The van der Waals surface area contributed by atoms with Gasteiger partial charge in [-0.2, -0.15) is 0 Å². The molecule has 0 amide bonds. The molecule has 0 saturated heterocycles. The second-order valence-corrected chi connectivity index (χ2v) is 3.65. The standard InChI is InChI=1S/C11H9ClFN3/c12-7-1-2-10(9(13)5-7)16-8-3-4-15-11(14)6-8/h1-6H,(H3,14,15,16). The molecule has 1 heterocycles. The molecule has 2 aromatic rings. The number of nitrogens with zero attached hydrogens (tertiary/aromatic N) is 1. The number of nitrogen functional groups attached to an aromatic ring is 1. The van der Waals surface area contributed by atoms with E-state index in [1.165, 1.54) is 6.07 Å². The normalized spacial score (nSPS) is 10.1. The number of pyridine rings is 1. The highest BCUT2D eigenvalue weighted by Gasteiger charge is 2.03. The second kappa shape index (κ2) is 4.37. The Morgan fingerprint density at radius 3 is 2.75 bits per heavy atom. The van der Waals surface area contributed by atoms with E-state index in [1.807, 2.05) is 0 Å². The number of aromatic nitrogens is 1. The molecule has 82 valence electrons. The lowest BCUT2D eigenvalue weighted by Gasteiger charge is -2.07. The molecule has 0 radical (unpaired) electrons. The number of anilines is 3. The molecule has 5 heteroatoms. The molecule has 3 nitrogen and oxygen atoms in total. The minimum absolute atomic E-state index is 0.343. The first-order valence-corrected chi connectivity index (χ1v) is 4.96. The number of nitrogens with two attached hydrogens (primary N) is 1. The van der Waals surface area contributed by atoms with Crippen molar-refractivity contribution >= 4 is 28.8 Å². The number of benzene rings is 1. The predicted octanol–water partition coefficient (Wildman–Crippen LogP) is 3.20. The van der Waals surface area contributed by atoms with Crippen LogP contribution in [0, 0.1) is 5.82 Å². The van der Waals surface area contributed by atoms with E-state index in [9.17, 15) is 4.39 Å². The van der Waals surface area contributed by atoms with Gasteiger partial charge in [-0.25, -0.2) is 9.37 Å². The van der Waals surface area contributed by atoms with Crippen LogP contribution in [-0.2, 0) is 0 Å². The van der Waals surface area contributed by atoms with Gasteiger partial charge in [-0.3, -0.25) is 0 Å². The second-order valence-electron chi connectivity index (χ2n) is 3.22. The molecule has 3 N–H and O–H groups in total. The number of hydrogen-bond acceptors (Lipinski definition) is 3. The highest BCUT2D eigenvalue weighted by Crippen LogP contribution is 2.23. The Morgan fingerprint density at radius 2 is 2.06 bits per heavy atom. The SMILES string of the molecule is Nc1cc(Nc2ccc(Cl)cc2F)ccn1. The Hall–Kier alpha value is -1.81. The molecule has 1 aromatic heterocycles. The van der Waals surface area contributed by atoms with Crippen molar-refractivity contribution < 1.29 is 4.39 Å². The van der Waals surface area contributed by atoms with Gasteiger partial charge in [0, 0.05) is 23.0 Å². The third kappa shape index (κ3) is 2.41. The highest BCUT2D eigenvalue weighted by atomic mass is 35.5. The molecule has 0 fully saturated rings. The molecule has 0 bridgehead atoms. The fourth-order valence-corrected chi connectivity index (χ4v) is 1.43. The van der Waals surface area contributed by atoms with Crippen LogP contribution >= 0.6 is 11.6 Å². The van der Waals surface area contributed by atoms with E-state index < -0.39 is 5.82 Å². The monoisotopic (exact) mass is 237 g/mol. The minimum Gasteiger partial charge on any atom is -0.384 e. The van der Waals surface area contributed by atoms with Gasteiger partial charge in [0.1, 0.15) is 11.6 Å². The van der Waals surface area contributed by atoms with Crippen molar-refractivity contribution in [3.8, 4) is 0 Å². The summed E-state index contributed by atoms with van der Waals surface area (Å²) in [5, 5.41) is 3.25. The molecule has 0 unspecified atom stereocenters. The zero-order valence-corrected chi connectivity index (χ0v) is 9.00. The van der Waals surface area contributed by atoms with Crippen LogP contribution in [-0.4, -0.2) is 4.98 Å². The Kier molecular flexibility index (Phi) is 2.92. The fourth-order valence-electron chi connectivity index (χ4n) is 1.27. The van der Waals surface area contributed by atoms with Gasteiger partial charge < -0.3 is 11.1 Å². The minimum atomic E-state index is -0.414. The van der Waals surface area contributed by atoms with Crippen LogP contribution in [0.5, 0.6) is 0 Å². The zero-order chi connectivity index (χ0) is 11.5. The average molecular weight is 238 g/mol. The Bertz CT molecular complexity index is 516. The Balaban J connectivity index is 2.27. The van der Waals surface area contributed by atoms with E-state index in [0.717, 1.165) is 0 Å². The van der Waals surface area contributed by atoms with Crippen LogP contribution < -0.4 is 11.1 Å². The third-order valence-electron chi connectivity index (χ3n) is 1.99. The Labute approximate surface area is 97.1 Å². The maximum atomic E-state index is 13.4. The van der Waals surface area contributed by atoms with E-state index in [2.05, 4.69) is 10.3 Å². The van der Waals surface area contributed by atoms with Gasteiger partial charge in [0.15, 0.2) is 0 Å². The van der Waals surface area contributed by atoms with Gasteiger partial charge in [-0.15, -0.1) is 0 Å². The summed E-state index contributed by atoms with van der Waals surface area (Å²) < 4.78 is 13.4. The van der Waals surface area contributed by atoms with Crippen molar-refractivity contribution in [3.05, 3.63) is 47.4 Å². The molecule has 0 aliphatic rings. The van der Waals surface area contributed by atoms with Gasteiger partial charge in [-0.1, -0.05) is 11.6 Å². The molecule has 0 atom stereocenters. The van der Waals surface area contributed by atoms with Gasteiger partial charge in [-0.05, 0) is 24.3 Å². The molecule has 0 saturated carbocycles. The zero-order valence-electron chi connectivity index (χ0n) is 8.24. The number of hydrogen-bond donors (Lipinski definition) is 2. The van der Waals surface area contributed by atoms with Crippen LogP contribution in [0.25, 0.3) is 0 Å². The predicted molar refractivity (Wildman–Crippen MR) is 63.3 cm³/mol. The lowest BCUT2D eigenvalue weighted by Crippen LogP contribution is -1.96. The summed E-state index contributed by atoms with van der Waals surface area (Å²) in [6.07, 6.45) is 1.55. The topological polar surface area (TPSA) is 50.9 Å². The number of rotatable bonds is 2. The molecule has 0 aliphatic heterocycles. The average Bonchev–Trinajstić information content (AvgIpc) is 2.22. The highest BCUT2D eigenvalue weighted by molar-refractivity contribution is 6.30. The van der Waals surface area contributed by atoms with Crippen LogP contribution in [0.1, 0.15) is 0 Å². The maximum absolute atomic E-state index is 13.4. The summed E-state index contributed by atoms with van der Waals surface area (Å²) in [6, 6.07) is 7.73. The lowest BCUT2D eigenvalue weighted by molar-refractivity contribution is 0.632. The van der Waals surface area contributed by atoms with Crippen molar-refractivity contribution in [2.75, 3.05) is 11.1 Å². The first kappa shape index (κ1) is 10.7. The number of nitrogens with one attached hydrogen (secondary N) is 1. The third-order valence-corrected chi connectivity index (χ3v) is 2.23. The van der Waals surface area contributed by atoms with Crippen molar-refractivity contribution in [1.82, 2.24) is 4.98 Å².